The van der Waals surface area contributed by atoms with Crippen molar-refractivity contribution >= 4 is 5.78 Å². The van der Waals surface area contributed by atoms with Crippen molar-refractivity contribution in [3.63, 3.8) is 0 Å². The van der Waals surface area contributed by atoms with Crippen LogP contribution in [0, 0.1) is 5.92 Å². The second-order valence-electron chi connectivity index (χ2n) is 4.28. The van der Waals surface area contributed by atoms with Crippen LogP contribution in [0.4, 0.5) is 0 Å². The molecule has 0 atom stereocenters. The summed E-state index contributed by atoms with van der Waals surface area (Å²) in [5, 5.41) is 0. The maximum Gasteiger partial charge on any atom is 0.188 e. The number of Topliss-reactive ketones (excluding diaryl/α,β-unsaturated/α-hetero) is 1. The van der Waals surface area contributed by atoms with Crippen molar-refractivity contribution in [1.29, 1.82) is 0 Å². The molecule has 0 aromatic rings. The van der Waals surface area contributed by atoms with Crippen molar-refractivity contribution < 1.29 is 14.3 Å². The molecule has 0 amide bonds. The summed E-state index contributed by atoms with van der Waals surface area (Å²) in [6, 6.07) is 0. The molecule has 3 nitrogen and oxygen atoms in total. The Morgan fingerprint density at radius 1 is 1.31 bits per heavy atom. The van der Waals surface area contributed by atoms with Crippen LogP contribution in [0.5, 0.6) is 0 Å². The van der Waals surface area contributed by atoms with Gasteiger partial charge in [0.05, 0.1) is 0 Å². The molecule has 0 saturated carbocycles. The van der Waals surface area contributed by atoms with Crippen molar-refractivity contribution in [3.8, 4) is 0 Å². The highest BCUT2D eigenvalue weighted by Gasteiger charge is 2.25. The van der Waals surface area contributed by atoms with Gasteiger partial charge in [0.25, 0.3) is 0 Å². The lowest BCUT2D eigenvalue weighted by Crippen LogP contribution is -2.19. The summed E-state index contributed by atoms with van der Waals surface area (Å²) >= 11 is 0. The zero-order chi connectivity index (χ0) is 11.5. The standard InChI is InChI=1S/C13H16O3/c1-9(2)10-4-3-5-11(13(10)14)12-8-15-6-7-16-12/h4,6-7,9H,3,5,8H2,1-2H3. The van der Waals surface area contributed by atoms with Gasteiger partial charge in [-0.15, -0.1) is 0 Å². The van der Waals surface area contributed by atoms with E-state index in [0.717, 1.165) is 24.0 Å². The molecule has 0 aromatic heterocycles. The molecule has 0 saturated heterocycles. The summed E-state index contributed by atoms with van der Waals surface area (Å²) in [6.07, 6.45) is 6.67. The quantitative estimate of drug-likeness (QED) is 0.637. The average Bonchev–Trinajstić information content (AvgIpc) is 2.30. The number of hydrogen-bond donors (Lipinski definition) is 0. The summed E-state index contributed by atoms with van der Waals surface area (Å²) in [4.78, 5) is 12.2. The molecule has 0 fully saturated rings. The summed E-state index contributed by atoms with van der Waals surface area (Å²) in [5.41, 5.74) is 1.67. The SMILES string of the molecule is CC(C)C1=CCCC(=C2COC=CO2)C1=O. The van der Waals surface area contributed by atoms with E-state index in [1.807, 2.05) is 19.9 Å². The summed E-state index contributed by atoms with van der Waals surface area (Å²) in [7, 11) is 0. The molecule has 0 bridgehead atoms. The Morgan fingerprint density at radius 3 is 2.75 bits per heavy atom. The Hall–Kier alpha value is -1.51. The molecule has 1 heterocycles. The number of ether oxygens (including phenoxy) is 2. The molecule has 2 rings (SSSR count). The van der Waals surface area contributed by atoms with Crippen molar-refractivity contribution in [2.75, 3.05) is 6.61 Å². The number of carbonyl (C=O) groups is 1. The van der Waals surface area contributed by atoms with Crippen molar-refractivity contribution in [1.82, 2.24) is 0 Å². The van der Waals surface area contributed by atoms with E-state index in [1.165, 1.54) is 12.5 Å². The van der Waals surface area contributed by atoms with Gasteiger partial charge in [0.15, 0.2) is 5.78 Å². The van der Waals surface area contributed by atoms with Crippen LogP contribution >= 0.6 is 0 Å². The molecule has 1 aliphatic heterocycles. The van der Waals surface area contributed by atoms with Gasteiger partial charge < -0.3 is 9.47 Å². The molecule has 0 unspecified atom stereocenters. The van der Waals surface area contributed by atoms with E-state index in [-0.39, 0.29) is 11.7 Å². The number of carbonyl (C=O) groups excluding carboxylic acids is 1. The summed E-state index contributed by atoms with van der Waals surface area (Å²) in [5.74, 6) is 1.05. The lowest BCUT2D eigenvalue weighted by Gasteiger charge is -2.21. The minimum absolute atomic E-state index is 0.121. The Labute approximate surface area is 95.4 Å². The highest BCUT2D eigenvalue weighted by atomic mass is 16.6. The maximum absolute atomic E-state index is 12.2. The van der Waals surface area contributed by atoms with Gasteiger partial charge >= 0.3 is 0 Å². The van der Waals surface area contributed by atoms with E-state index in [9.17, 15) is 4.79 Å². The third-order valence-corrected chi connectivity index (χ3v) is 2.83. The molecule has 0 aromatic carbocycles. The molecular weight excluding hydrogens is 204 g/mol. The zero-order valence-electron chi connectivity index (χ0n) is 9.66. The van der Waals surface area contributed by atoms with E-state index in [2.05, 4.69) is 0 Å². The molecule has 0 radical (unpaired) electrons. The lowest BCUT2D eigenvalue weighted by atomic mass is 9.86. The van der Waals surface area contributed by atoms with E-state index >= 15 is 0 Å². The highest BCUT2D eigenvalue weighted by Crippen LogP contribution is 2.28. The zero-order valence-corrected chi connectivity index (χ0v) is 9.66. The first-order valence-corrected chi connectivity index (χ1v) is 5.60. The number of ketones is 1. The van der Waals surface area contributed by atoms with E-state index < -0.39 is 0 Å². The lowest BCUT2D eigenvalue weighted by molar-refractivity contribution is -0.113. The number of hydrogen-bond acceptors (Lipinski definition) is 3. The maximum atomic E-state index is 12.2. The predicted octanol–water partition coefficient (Wildman–Crippen LogP) is 2.70. The normalized spacial score (nSPS) is 25.2. The first-order chi connectivity index (χ1) is 7.70. The van der Waals surface area contributed by atoms with Gasteiger partial charge in [-0.05, 0) is 24.3 Å². The molecule has 0 N–H and O–H groups in total. The summed E-state index contributed by atoms with van der Waals surface area (Å²) in [6.45, 7) is 4.44. The van der Waals surface area contributed by atoms with Crippen molar-refractivity contribution in [2.45, 2.75) is 26.7 Å². The van der Waals surface area contributed by atoms with Gasteiger partial charge in [-0.2, -0.15) is 0 Å². The Balaban J connectivity index is 2.28. The second kappa shape index (κ2) is 4.56. The fraction of sp³-hybridized carbons (Fsp3) is 0.462. The van der Waals surface area contributed by atoms with Crippen LogP contribution in [0.1, 0.15) is 26.7 Å². The van der Waals surface area contributed by atoms with Gasteiger partial charge in [0.2, 0.25) is 0 Å². The van der Waals surface area contributed by atoms with Crippen LogP contribution in [-0.2, 0) is 14.3 Å². The Kier molecular flexibility index (Phi) is 3.13. The summed E-state index contributed by atoms with van der Waals surface area (Å²) < 4.78 is 10.5. The van der Waals surface area contributed by atoms with Gasteiger partial charge in [0.1, 0.15) is 24.9 Å². The van der Waals surface area contributed by atoms with Gasteiger partial charge in [-0.25, -0.2) is 0 Å². The minimum Gasteiger partial charge on any atom is -0.490 e. The van der Waals surface area contributed by atoms with E-state index in [4.69, 9.17) is 9.47 Å². The van der Waals surface area contributed by atoms with Gasteiger partial charge in [-0.3, -0.25) is 4.79 Å². The molecule has 0 spiro atoms. The van der Waals surface area contributed by atoms with Crippen LogP contribution in [-0.4, -0.2) is 12.4 Å². The minimum atomic E-state index is 0.121. The highest BCUT2D eigenvalue weighted by molar-refractivity contribution is 6.09. The first-order valence-electron chi connectivity index (χ1n) is 5.60. The van der Waals surface area contributed by atoms with Crippen LogP contribution in [0.3, 0.4) is 0 Å². The molecule has 3 heteroatoms. The van der Waals surface area contributed by atoms with Crippen LogP contribution < -0.4 is 0 Å². The third kappa shape index (κ3) is 2.03. The van der Waals surface area contributed by atoms with Gasteiger partial charge in [-0.1, -0.05) is 19.9 Å². The molecule has 2 aliphatic rings. The number of allylic oxidation sites excluding steroid dienone is 3. The van der Waals surface area contributed by atoms with Crippen LogP contribution in [0.2, 0.25) is 0 Å². The fourth-order valence-electron chi connectivity index (χ4n) is 1.98. The van der Waals surface area contributed by atoms with Crippen molar-refractivity contribution in [2.24, 2.45) is 5.92 Å². The number of rotatable bonds is 1. The van der Waals surface area contributed by atoms with Crippen LogP contribution in [0.15, 0.2) is 35.5 Å². The topological polar surface area (TPSA) is 35.5 Å². The van der Waals surface area contributed by atoms with Gasteiger partial charge in [0, 0.05) is 5.57 Å². The second-order valence-corrected chi connectivity index (χ2v) is 4.28. The fourth-order valence-corrected chi connectivity index (χ4v) is 1.98. The van der Waals surface area contributed by atoms with E-state index in [1.54, 1.807) is 0 Å². The smallest absolute Gasteiger partial charge is 0.188 e. The Morgan fingerprint density at radius 2 is 2.12 bits per heavy atom. The average molecular weight is 220 g/mol. The van der Waals surface area contributed by atoms with Crippen LogP contribution in [0.25, 0.3) is 0 Å². The van der Waals surface area contributed by atoms with E-state index in [0.29, 0.717) is 12.4 Å². The monoisotopic (exact) mass is 220 g/mol. The molecule has 86 valence electrons. The predicted molar refractivity (Wildman–Crippen MR) is 60.4 cm³/mol. The largest absolute Gasteiger partial charge is 0.490 e. The third-order valence-electron chi connectivity index (χ3n) is 2.83. The first kappa shape index (κ1) is 11.0. The molecule has 16 heavy (non-hydrogen) atoms. The Bertz CT molecular complexity index is 386. The molecule has 1 aliphatic carbocycles. The van der Waals surface area contributed by atoms with Crippen molar-refractivity contribution in [3.05, 3.63) is 35.5 Å². The molecular formula is C13H16O3.